The van der Waals surface area contributed by atoms with Crippen LogP contribution in [0.4, 0.5) is 5.69 Å². The van der Waals surface area contributed by atoms with E-state index in [1.165, 1.54) is 5.56 Å². The van der Waals surface area contributed by atoms with Gasteiger partial charge in [-0.1, -0.05) is 23.7 Å². The minimum Gasteiger partial charge on any atom is -0.383 e. The third-order valence-electron chi connectivity index (χ3n) is 1.95. The van der Waals surface area contributed by atoms with Crippen molar-refractivity contribution in [2.75, 3.05) is 11.9 Å². The Bertz CT molecular complexity index is 340. The molecule has 0 aliphatic carbocycles. The number of para-hydroxylation sites is 1. The van der Waals surface area contributed by atoms with Gasteiger partial charge in [0.15, 0.2) is 0 Å². The second-order valence-electron chi connectivity index (χ2n) is 3.04. The first-order chi connectivity index (χ1) is 6.75. The van der Waals surface area contributed by atoms with Crippen molar-refractivity contribution in [1.82, 2.24) is 0 Å². The first kappa shape index (κ1) is 10.9. The van der Waals surface area contributed by atoms with E-state index in [-0.39, 0.29) is 0 Å². The third-order valence-corrected chi connectivity index (χ3v) is 2.27. The first-order valence-electron chi connectivity index (χ1n) is 4.64. The van der Waals surface area contributed by atoms with Crippen molar-refractivity contribution in [1.29, 1.82) is 0 Å². The van der Waals surface area contributed by atoms with E-state index in [1.54, 1.807) is 0 Å². The van der Waals surface area contributed by atoms with Crippen molar-refractivity contribution in [2.45, 2.75) is 20.3 Å². The Kier molecular flexibility index (Phi) is 4.35. The van der Waals surface area contributed by atoms with Crippen LogP contribution in [0.3, 0.4) is 0 Å². The van der Waals surface area contributed by atoms with Gasteiger partial charge < -0.3 is 5.32 Å². The van der Waals surface area contributed by atoms with Crippen molar-refractivity contribution in [3.8, 4) is 11.8 Å². The fraction of sp³-hybridized carbons (Fsp3) is 0.333. The first-order valence-corrected chi connectivity index (χ1v) is 5.02. The third kappa shape index (κ3) is 2.97. The summed E-state index contributed by atoms with van der Waals surface area (Å²) >= 11 is 6.04. The predicted molar refractivity (Wildman–Crippen MR) is 62.7 cm³/mol. The van der Waals surface area contributed by atoms with Crippen LogP contribution in [0.5, 0.6) is 0 Å². The molecule has 74 valence electrons. The molecule has 1 rings (SSSR count). The number of aryl methyl sites for hydroxylation is 1. The molecule has 0 aliphatic heterocycles. The summed E-state index contributed by atoms with van der Waals surface area (Å²) in [4.78, 5) is 0. The van der Waals surface area contributed by atoms with Gasteiger partial charge in [0.05, 0.1) is 10.7 Å². The topological polar surface area (TPSA) is 12.0 Å². The van der Waals surface area contributed by atoms with Gasteiger partial charge in [-0.25, -0.2) is 0 Å². The Morgan fingerprint density at radius 2 is 2.21 bits per heavy atom. The molecule has 0 aliphatic rings. The number of benzene rings is 1. The molecule has 0 fully saturated rings. The zero-order valence-corrected chi connectivity index (χ0v) is 9.28. The lowest BCUT2D eigenvalue weighted by Crippen LogP contribution is -2.02. The van der Waals surface area contributed by atoms with Crippen molar-refractivity contribution in [2.24, 2.45) is 0 Å². The normalized spacial score (nSPS) is 9.07. The number of hydrogen-bond acceptors (Lipinski definition) is 1. The molecule has 0 saturated heterocycles. The van der Waals surface area contributed by atoms with E-state index in [9.17, 15) is 0 Å². The van der Waals surface area contributed by atoms with Gasteiger partial charge in [-0.2, -0.15) is 0 Å². The standard InChI is InChI=1S/C12H14ClN/c1-3-4-5-9-14-12-10(2)7-6-8-11(12)13/h6-8,14H,5,9H2,1-2H3. The van der Waals surface area contributed by atoms with Crippen LogP contribution in [0.1, 0.15) is 18.9 Å². The lowest BCUT2D eigenvalue weighted by atomic mass is 10.2. The molecule has 0 bridgehead atoms. The van der Waals surface area contributed by atoms with Gasteiger partial charge in [-0.3, -0.25) is 0 Å². The molecule has 0 amide bonds. The Balaban J connectivity index is 2.60. The van der Waals surface area contributed by atoms with Crippen LogP contribution in [-0.4, -0.2) is 6.54 Å². The van der Waals surface area contributed by atoms with Gasteiger partial charge in [-0.15, -0.1) is 11.8 Å². The lowest BCUT2D eigenvalue weighted by Gasteiger charge is -2.09. The van der Waals surface area contributed by atoms with E-state index in [2.05, 4.69) is 17.2 Å². The van der Waals surface area contributed by atoms with Gasteiger partial charge in [-0.05, 0) is 25.5 Å². The lowest BCUT2D eigenvalue weighted by molar-refractivity contribution is 1.09. The van der Waals surface area contributed by atoms with Gasteiger partial charge in [0.25, 0.3) is 0 Å². The maximum atomic E-state index is 6.04. The molecule has 0 spiro atoms. The summed E-state index contributed by atoms with van der Waals surface area (Å²) in [5, 5.41) is 4.05. The molecule has 2 heteroatoms. The van der Waals surface area contributed by atoms with Crippen molar-refractivity contribution in [3.05, 3.63) is 28.8 Å². The summed E-state index contributed by atoms with van der Waals surface area (Å²) in [6, 6.07) is 5.89. The largest absolute Gasteiger partial charge is 0.383 e. The molecule has 1 aromatic carbocycles. The summed E-state index contributed by atoms with van der Waals surface area (Å²) in [5.41, 5.74) is 2.19. The summed E-state index contributed by atoms with van der Waals surface area (Å²) in [6.07, 6.45) is 0.848. The van der Waals surface area contributed by atoms with Gasteiger partial charge >= 0.3 is 0 Å². The van der Waals surface area contributed by atoms with Gasteiger partial charge in [0, 0.05) is 13.0 Å². The monoisotopic (exact) mass is 207 g/mol. The van der Waals surface area contributed by atoms with E-state index in [4.69, 9.17) is 11.6 Å². The van der Waals surface area contributed by atoms with Gasteiger partial charge in [0.2, 0.25) is 0 Å². The van der Waals surface area contributed by atoms with Crippen LogP contribution in [-0.2, 0) is 0 Å². The molecule has 1 N–H and O–H groups in total. The van der Waals surface area contributed by atoms with Crippen molar-refractivity contribution < 1.29 is 0 Å². The summed E-state index contributed by atoms with van der Waals surface area (Å²) < 4.78 is 0. The minimum absolute atomic E-state index is 0.773. The number of hydrogen-bond donors (Lipinski definition) is 1. The number of anilines is 1. The molecule has 14 heavy (non-hydrogen) atoms. The summed E-state index contributed by atoms with van der Waals surface area (Å²) in [7, 11) is 0. The maximum Gasteiger partial charge on any atom is 0.0640 e. The van der Waals surface area contributed by atoms with Crippen LogP contribution < -0.4 is 5.32 Å². The average molecular weight is 208 g/mol. The van der Waals surface area contributed by atoms with Crippen LogP contribution in [0.25, 0.3) is 0 Å². The summed E-state index contributed by atoms with van der Waals surface area (Å²) in [5.74, 6) is 5.86. The fourth-order valence-electron chi connectivity index (χ4n) is 1.23. The zero-order valence-electron chi connectivity index (χ0n) is 8.52. The smallest absolute Gasteiger partial charge is 0.0640 e. The molecule has 0 heterocycles. The molecular weight excluding hydrogens is 194 g/mol. The fourth-order valence-corrected chi connectivity index (χ4v) is 1.52. The number of rotatable bonds is 3. The van der Waals surface area contributed by atoms with E-state index >= 15 is 0 Å². The van der Waals surface area contributed by atoms with E-state index in [0.29, 0.717) is 0 Å². The SMILES string of the molecule is CC#CCCNc1c(C)cccc1Cl. The summed E-state index contributed by atoms with van der Waals surface area (Å²) in [6.45, 7) is 4.73. The molecule has 1 nitrogen and oxygen atoms in total. The molecular formula is C12H14ClN. The maximum absolute atomic E-state index is 6.04. The van der Waals surface area contributed by atoms with Crippen LogP contribution >= 0.6 is 11.6 Å². The second-order valence-corrected chi connectivity index (χ2v) is 3.44. The highest BCUT2D eigenvalue weighted by atomic mass is 35.5. The van der Waals surface area contributed by atoms with Crippen LogP contribution in [0, 0.1) is 18.8 Å². The molecule has 1 aromatic rings. The van der Waals surface area contributed by atoms with E-state index in [0.717, 1.165) is 23.7 Å². The van der Waals surface area contributed by atoms with E-state index < -0.39 is 0 Å². The molecule has 0 unspecified atom stereocenters. The van der Waals surface area contributed by atoms with E-state index in [1.807, 2.05) is 32.0 Å². The Labute approximate surface area is 90.5 Å². The Morgan fingerprint density at radius 3 is 2.86 bits per heavy atom. The number of halogens is 1. The highest BCUT2D eigenvalue weighted by Gasteiger charge is 2.00. The van der Waals surface area contributed by atoms with Gasteiger partial charge in [0.1, 0.15) is 0 Å². The molecule has 0 atom stereocenters. The second kappa shape index (κ2) is 5.57. The predicted octanol–water partition coefficient (Wildman–Crippen LogP) is 3.47. The Hall–Kier alpha value is -1.13. The number of nitrogens with one attached hydrogen (secondary N) is 1. The molecule has 0 saturated carbocycles. The van der Waals surface area contributed by atoms with Crippen LogP contribution in [0.2, 0.25) is 5.02 Å². The van der Waals surface area contributed by atoms with Crippen molar-refractivity contribution in [3.63, 3.8) is 0 Å². The Morgan fingerprint density at radius 1 is 1.43 bits per heavy atom. The average Bonchev–Trinajstić information content (AvgIpc) is 2.16. The quantitative estimate of drug-likeness (QED) is 0.591. The van der Waals surface area contributed by atoms with Crippen molar-refractivity contribution >= 4 is 17.3 Å². The zero-order chi connectivity index (χ0) is 10.4. The highest BCUT2D eigenvalue weighted by Crippen LogP contribution is 2.24. The highest BCUT2D eigenvalue weighted by molar-refractivity contribution is 6.33. The molecule has 0 aromatic heterocycles. The molecule has 0 radical (unpaired) electrons. The van der Waals surface area contributed by atoms with Crippen LogP contribution in [0.15, 0.2) is 18.2 Å². The minimum atomic E-state index is 0.773.